The fourth-order valence-corrected chi connectivity index (χ4v) is 1.33. The third kappa shape index (κ3) is 2.98. The molecule has 0 unspecified atom stereocenters. The number of benzene rings is 1. The topological polar surface area (TPSA) is 75.6 Å². The van der Waals surface area contributed by atoms with Gasteiger partial charge in [0.2, 0.25) is 5.91 Å². The number of amides is 1. The minimum absolute atomic E-state index is 0.0749. The first-order chi connectivity index (χ1) is 7.99. The lowest BCUT2D eigenvalue weighted by atomic mass is 10.2. The lowest BCUT2D eigenvalue weighted by Gasteiger charge is -2.08. The van der Waals surface area contributed by atoms with Crippen molar-refractivity contribution in [3.8, 4) is 5.75 Å². The number of ether oxygens (including phenoxy) is 1. The van der Waals surface area contributed by atoms with Crippen molar-refractivity contribution >= 4 is 29.2 Å². The highest BCUT2D eigenvalue weighted by Crippen LogP contribution is 2.30. The summed E-state index contributed by atoms with van der Waals surface area (Å²) in [6, 6.07) is 2.37. The summed E-state index contributed by atoms with van der Waals surface area (Å²) < 4.78 is 4.45. The molecule has 0 spiro atoms. The number of aromatic hydroxyl groups is 1. The van der Waals surface area contributed by atoms with Gasteiger partial charge in [-0.25, -0.2) is 4.79 Å². The molecule has 1 amide bonds. The van der Waals surface area contributed by atoms with E-state index in [9.17, 15) is 14.7 Å². The lowest BCUT2D eigenvalue weighted by Crippen LogP contribution is -2.09. The Morgan fingerprint density at radius 3 is 2.71 bits per heavy atom. The number of phenolic OH excluding ortho intramolecular Hbond substituents is 1. The first-order valence-electron chi connectivity index (χ1n) is 4.53. The van der Waals surface area contributed by atoms with E-state index in [0.717, 1.165) is 12.1 Å². The zero-order valence-electron chi connectivity index (χ0n) is 8.99. The number of hydrogen-bond donors (Lipinski definition) is 2. The summed E-state index contributed by atoms with van der Waals surface area (Å²) in [6.07, 6.45) is 1.06. The Labute approximate surface area is 103 Å². The van der Waals surface area contributed by atoms with Crippen molar-refractivity contribution in [1.82, 2.24) is 0 Å². The molecule has 0 saturated carbocycles. The molecule has 6 heteroatoms. The summed E-state index contributed by atoms with van der Waals surface area (Å²) in [4.78, 5) is 22.3. The molecular weight excluding hydrogens is 246 g/mol. The van der Waals surface area contributed by atoms with Crippen LogP contribution in [0.3, 0.4) is 0 Å². The molecular formula is C11H10ClNO4. The number of anilines is 1. The molecule has 5 nitrogen and oxygen atoms in total. The van der Waals surface area contributed by atoms with E-state index in [2.05, 4.69) is 16.6 Å². The minimum Gasteiger partial charge on any atom is -0.507 e. The van der Waals surface area contributed by atoms with E-state index < -0.39 is 11.9 Å². The predicted octanol–water partition coefficient (Wildman–Crippen LogP) is 1.96. The Kier molecular flexibility index (Phi) is 4.12. The normalized spacial score (nSPS) is 9.53. The molecule has 1 rings (SSSR count). The molecule has 0 heterocycles. The summed E-state index contributed by atoms with van der Waals surface area (Å²) in [5.41, 5.74) is 0.107. The molecule has 0 fully saturated rings. The van der Waals surface area contributed by atoms with Crippen LogP contribution < -0.4 is 5.32 Å². The van der Waals surface area contributed by atoms with Gasteiger partial charge in [-0.05, 0) is 12.1 Å². The van der Waals surface area contributed by atoms with Gasteiger partial charge in [0.05, 0.1) is 17.8 Å². The molecule has 2 N–H and O–H groups in total. The highest BCUT2D eigenvalue weighted by Gasteiger charge is 2.15. The van der Waals surface area contributed by atoms with Crippen molar-refractivity contribution in [3.63, 3.8) is 0 Å². The zero-order chi connectivity index (χ0) is 13.0. The van der Waals surface area contributed by atoms with Crippen LogP contribution >= 0.6 is 11.6 Å². The smallest absolute Gasteiger partial charge is 0.341 e. The second kappa shape index (κ2) is 5.36. The van der Waals surface area contributed by atoms with E-state index in [1.165, 1.54) is 13.2 Å². The molecule has 0 radical (unpaired) electrons. The summed E-state index contributed by atoms with van der Waals surface area (Å²) in [5, 5.41) is 12.1. The highest BCUT2D eigenvalue weighted by atomic mass is 35.5. The van der Waals surface area contributed by atoms with Gasteiger partial charge < -0.3 is 15.2 Å². The van der Waals surface area contributed by atoms with Crippen LogP contribution in [0.15, 0.2) is 24.8 Å². The van der Waals surface area contributed by atoms with Gasteiger partial charge in [-0.2, -0.15) is 0 Å². The Hall–Kier alpha value is -2.01. The lowest BCUT2D eigenvalue weighted by molar-refractivity contribution is -0.111. The van der Waals surface area contributed by atoms with E-state index in [-0.39, 0.29) is 22.0 Å². The SMILES string of the molecule is C=CC(=O)Nc1cc(O)c(C(=O)OC)cc1Cl. The standard InChI is InChI=1S/C11H10ClNO4/c1-3-10(15)13-8-5-9(14)6(4-7(8)12)11(16)17-2/h3-5,14H,1H2,2H3,(H,13,15). The fourth-order valence-electron chi connectivity index (χ4n) is 1.11. The molecule has 90 valence electrons. The molecule has 17 heavy (non-hydrogen) atoms. The number of hydrogen-bond acceptors (Lipinski definition) is 4. The van der Waals surface area contributed by atoms with Crippen LogP contribution in [0.2, 0.25) is 5.02 Å². The van der Waals surface area contributed by atoms with Crippen LogP contribution in [0.4, 0.5) is 5.69 Å². The van der Waals surface area contributed by atoms with E-state index in [1.807, 2.05) is 0 Å². The quantitative estimate of drug-likeness (QED) is 0.639. The summed E-state index contributed by atoms with van der Waals surface area (Å²) >= 11 is 5.84. The average Bonchev–Trinajstić information content (AvgIpc) is 2.32. The highest BCUT2D eigenvalue weighted by molar-refractivity contribution is 6.34. The number of methoxy groups -OCH3 is 1. The van der Waals surface area contributed by atoms with E-state index in [4.69, 9.17) is 11.6 Å². The fraction of sp³-hybridized carbons (Fsp3) is 0.0909. The Morgan fingerprint density at radius 2 is 2.18 bits per heavy atom. The molecule has 0 atom stereocenters. The maximum absolute atomic E-state index is 11.2. The number of esters is 1. The summed E-state index contributed by atoms with van der Waals surface area (Å²) in [5.74, 6) is -1.52. The Bertz CT molecular complexity index is 485. The number of halogens is 1. The number of carbonyl (C=O) groups excluding carboxylic acids is 2. The third-order valence-electron chi connectivity index (χ3n) is 1.93. The van der Waals surface area contributed by atoms with Gasteiger partial charge in [0, 0.05) is 6.07 Å². The minimum atomic E-state index is -0.717. The maximum Gasteiger partial charge on any atom is 0.341 e. The monoisotopic (exact) mass is 255 g/mol. The first-order valence-corrected chi connectivity index (χ1v) is 4.91. The summed E-state index contributed by atoms with van der Waals surface area (Å²) in [7, 11) is 1.18. The van der Waals surface area contributed by atoms with Crippen molar-refractivity contribution < 1.29 is 19.4 Å². The Balaban J connectivity index is 3.13. The van der Waals surface area contributed by atoms with Crippen LogP contribution in [-0.4, -0.2) is 24.1 Å². The van der Waals surface area contributed by atoms with Gasteiger partial charge in [-0.3, -0.25) is 4.79 Å². The van der Waals surface area contributed by atoms with Crippen LogP contribution in [-0.2, 0) is 9.53 Å². The van der Waals surface area contributed by atoms with Crippen LogP contribution in [0, 0.1) is 0 Å². The van der Waals surface area contributed by atoms with Crippen LogP contribution in [0.5, 0.6) is 5.75 Å². The van der Waals surface area contributed by atoms with Crippen molar-refractivity contribution in [3.05, 3.63) is 35.4 Å². The maximum atomic E-state index is 11.2. The molecule has 0 bridgehead atoms. The average molecular weight is 256 g/mol. The van der Waals surface area contributed by atoms with Crippen molar-refractivity contribution in [1.29, 1.82) is 0 Å². The van der Waals surface area contributed by atoms with E-state index in [0.29, 0.717) is 0 Å². The molecule has 0 aromatic heterocycles. The molecule has 1 aromatic carbocycles. The second-order valence-electron chi connectivity index (χ2n) is 3.03. The molecule has 0 aliphatic heterocycles. The van der Waals surface area contributed by atoms with Gasteiger partial charge in [-0.1, -0.05) is 18.2 Å². The molecule has 0 aliphatic carbocycles. The van der Waals surface area contributed by atoms with Crippen molar-refractivity contribution in [2.24, 2.45) is 0 Å². The predicted molar refractivity (Wildman–Crippen MR) is 63.3 cm³/mol. The molecule has 1 aromatic rings. The van der Waals surface area contributed by atoms with Gasteiger partial charge in [0.1, 0.15) is 11.3 Å². The van der Waals surface area contributed by atoms with Gasteiger partial charge >= 0.3 is 5.97 Å². The van der Waals surface area contributed by atoms with Crippen molar-refractivity contribution in [2.75, 3.05) is 12.4 Å². The van der Waals surface area contributed by atoms with Crippen LogP contribution in [0.1, 0.15) is 10.4 Å². The largest absolute Gasteiger partial charge is 0.507 e. The molecule has 0 saturated heterocycles. The molecule has 0 aliphatic rings. The summed E-state index contributed by atoms with van der Waals surface area (Å²) in [6.45, 7) is 3.28. The number of carbonyl (C=O) groups is 2. The van der Waals surface area contributed by atoms with Crippen LogP contribution in [0.25, 0.3) is 0 Å². The van der Waals surface area contributed by atoms with Gasteiger partial charge in [0.15, 0.2) is 0 Å². The van der Waals surface area contributed by atoms with Gasteiger partial charge in [0.25, 0.3) is 0 Å². The number of phenols is 1. The zero-order valence-corrected chi connectivity index (χ0v) is 9.75. The van der Waals surface area contributed by atoms with Gasteiger partial charge in [-0.15, -0.1) is 0 Å². The Morgan fingerprint density at radius 1 is 1.53 bits per heavy atom. The number of nitrogens with one attached hydrogen (secondary N) is 1. The van der Waals surface area contributed by atoms with E-state index in [1.54, 1.807) is 0 Å². The third-order valence-corrected chi connectivity index (χ3v) is 2.25. The van der Waals surface area contributed by atoms with E-state index >= 15 is 0 Å². The first kappa shape index (κ1) is 13.1. The van der Waals surface area contributed by atoms with Crippen molar-refractivity contribution in [2.45, 2.75) is 0 Å². The number of rotatable bonds is 3. The second-order valence-corrected chi connectivity index (χ2v) is 3.44.